The zero-order valence-electron chi connectivity index (χ0n) is 10.8. The van der Waals surface area contributed by atoms with Crippen molar-refractivity contribution in [2.24, 2.45) is 0 Å². The summed E-state index contributed by atoms with van der Waals surface area (Å²) < 4.78 is 1.81. The van der Waals surface area contributed by atoms with Crippen LogP contribution in [0.3, 0.4) is 0 Å². The molecule has 21 heavy (non-hydrogen) atoms. The summed E-state index contributed by atoms with van der Waals surface area (Å²) >= 11 is 3.27. The highest BCUT2D eigenvalue weighted by molar-refractivity contribution is 9.10. The maximum atomic E-state index is 12.0. The largest absolute Gasteiger partial charge is 0.480 e. The molecule has 0 spiro atoms. The standard InChI is InChI=1S/C12H12BrN5O3/c13-10-2-1-7(14)3-9(10)12(21)15-4-8-5-18(17-16-8)6-11(19)20/h1-3,5H,4,6,14H2,(H,15,21)(H,19,20). The van der Waals surface area contributed by atoms with Crippen LogP contribution in [0.1, 0.15) is 16.1 Å². The van der Waals surface area contributed by atoms with Crippen molar-refractivity contribution >= 4 is 33.5 Å². The van der Waals surface area contributed by atoms with Crippen LogP contribution in [0.2, 0.25) is 0 Å². The topological polar surface area (TPSA) is 123 Å². The van der Waals surface area contributed by atoms with Crippen molar-refractivity contribution in [2.45, 2.75) is 13.1 Å². The summed E-state index contributed by atoms with van der Waals surface area (Å²) in [7, 11) is 0. The highest BCUT2D eigenvalue weighted by Crippen LogP contribution is 2.19. The molecule has 0 unspecified atom stereocenters. The van der Waals surface area contributed by atoms with E-state index in [1.165, 1.54) is 10.9 Å². The molecule has 0 aliphatic carbocycles. The third kappa shape index (κ3) is 4.02. The molecule has 0 atom stereocenters. The van der Waals surface area contributed by atoms with E-state index in [9.17, 15) is 9.59 Å². The first kappa shape index (κ1) is 15.0. The first-order chi connectivity index (χ1) is 9.95. The fourth-order valence-electron chi connectivity index (χ4n) is 1.62. The number of carboxylic acids is 1. The Morgan fingerprint density at radius 3 is 2.90 bits per heavy atom. The third-order valence-corrected chi connectivity index (χ3v) is 3.24. The van der Waals surface area contributed by atoms with Gasteiger partial charge in [-0.05, 0) is 34.1 Å². The molecule has 9 heteroatoms. The monoisotopic (exact) mass is 353 g/mol. The number of carbonyl (C=O) groups excluding carboxylic acids is 1. The van der Waals surface area contributed by atoms with E-state index in [2.05, 4.69) is 31.6 Å². The molecule has 2 aromatic rings. The maximum Gasteiger partial charge on any atom is 0.325 e. The molecule has 0 bridgehead atoms. The van der Waals surface area contributed by atoms with Gasteiger partial charge in [-0.15, -0.1) is 5.10 Å². The number of nitrogens with two attached hydrogens (primary N) is 1. The number of hydrogen-bond acceptors (Lipinski definition) is 5. The molecule has 0 radical (unpaired) electrons. The normalized spacial score (nSPS) is 10.3. The van der Waals surface area contributed by atoms with Crippen LogP contribution >= 0.6 is 15.9 Å². The van der Waals surface area contributed by atoms with Crippen LogP contribution in [0.15, 0.2) is 28.9 Å². The minimum absolute atomic E-state index is 0.139. The SMILES string of the molecule is Nc1ccc(Br)c(C(=O)NCc2cn(CC(=O)O)nn2)c1. The van der Waals surface area contributed by atoms with E-state index in [-0.39, 0.29) is 19.0 Å². The van der Waals surface area contributed by atoms with Crippen LogP contribution in [-0.2, 0) is 17.9 Å². The van der Waals surface area contributed by atoms with E-state index < -0.39 is 5.97 Å². The molecule has 4 N–H and O–H groups in total. The van der Waals surface area contributed by atoms with E-state index in [1.807, 2.05) is 0 Å². The van der Waals surface area contributed by atoms with Crippen molar-refractivity contribution in [2.75, 3.05) is 5.73 Å². The Morgan fingerprint density at radius 1 is 1.43 bits per heavy atom. The minimum Gasteiger partial charge on any atom is -0.480 e. The summed E-state index contributed by atoms with van der Waals surface area (Å²) in [4.78, 5) is 22.6. The number of hydrogen-bond donors (Lipinski definition) is 3. The average molecular weight is 354 g/mol. The van der Waals surface area contributed by atoms with Gasteiger partial charge in [0.2, 0.25) is 0 Å². The molecule has 0 fully saturated rings. The zero-order valence-corrected chi connectivity index (χ0v) is 12.4. The summed E-state index contributed by atoms with van der Waals surface area (Å²) in [6, 6.07) is 4.92. The lowest BCUT2D eigenvalue weighted by Crippen LogP contribution is -2.23. The smallest absolute Gasteiger partial charge is 0.325 e. The number of nitrogen functional groups attached to an aromatic ring is 1. The summed E-state index contributed by atoms with van der Waals surface area (Å²) in [6.07, 6.45) is 1.46. The number of carboxylic acid groups (broad SMARTS) is 1. The fraction of sp³-hybridized carbons (Fsp3) is 0.167. The van der Waals surface area contributed by atoms with E-state index >= 15 is 0 Å². The van der Waals surface area contributed by atoms with Gasteiger partial charge < -0.3 is 16.2 Å². The second kappa shape index (κ2) is 6.35. The Hall–Kier alpha value is -2.42. The Balaban J connectivity index is 1.99. The lowest BCUT2D eigenvalue weighted by atomic mass is 10.2. The molecule has 1 aromatic heterocycles. The van der Waals surface area contributed by atoms with Crippen molar-refractivity contribution in [3.8, 4) is 0 Å². The Bertz CT molecular complexity index is 685. The molecule has 2 rings (SSSR count). The van der Waals surface area contributed by atoms with Gasteiger partial charge in [-0.1, -0.05) is 5.21 Å². The van der Waals surface area contributed by atoms with Crippen LogP contribution in [0.5, 0.6) is 0 Å². The highest BCUT2D eigenvalue weighted by atomic mass is 79.9. The van der Waals surface area contributed by atoms with E-state index in [0.717, 1.165) is 0 Å². The summed E-state index contributed by atoms with van der Waals surface area (Å²) in [5, 5.41) is 18.7. The summed E-state index contributed by atoms with van der Waals surface area (Å²) in [5.41, 5.74) is 7.00. The fourth-order valence-corrected chi connectivity index (χ4v) is 2.05. The Labute approximate surface area is 128 Å². The van der Waals surface area contributed by atoms with Gasteiger partial charge in [0.05, 0.1) is 18.3 Å². The van der Waals surface area contributed by atoms with Gasteiger partial charge >= 0.3 is 5.97 Å². The van der Waals surface area contributed by atoms with Crippen molar-refractivity contribution in [3.63, 3.8) is 0 Å². The minimum atomic E-state index is -1.01. The average Bonchev–Trinajstić information content (AvgIpc) is 2.85. The quantitative estimate of drug-likeness (QED) is 0.677. The number of nitrogens with one attached hydrogen (secondary N) is 1. The second-order valence-electron chi connectivity index (χ2n) is 4.22. The van der Waals surface area contributed by atoms with Gasteiger partial charge in [0.25, 0.3) is 5.91 Å². The molecule has 1 amide bonds. The van der Waals surface area contributed by atoms with Gasteiger partial charge in [0.15, 0.2) is 0 Å². The molecule has 0 aliphatic rings. The third-order valence-electron chi connectivity index (χ3n) is 2.55. The van der Waals surface area contributed by atoms with Crippen molar-refractivity contribution in [3.05, 3.63) is 40.1 Å². The number of amides is 1. The molecule has 1 aromatic carbocycles. The lowest BCUT2D eigenvalue weighted by Gasteiger charge is -2.06. The zero-order chi connectivity index (χ0) is 15.4. The number of anilines is 1. The van der Waals surface area contributed by atoms with Crippen LogP contribution in [-0.4, -0.2) is 32.0 Å². The summed E-state index contributed by atoms with van der Waals surface area (Å²) in [5.74, 6) is -1.33. The molecule has 1 heterocycles. The van der Waals surface area contributed by atoms with Crippen molar-refractivity contribution in [1.82, 2.24) is 20.3 Å². The van der Waals surface area contributed by atoms with E-state index in [0.29, 0.717) is 21.4 Å². The second-order valence-corrected chi connectivity index (χ2v) is 5.08. The number of nitrogens with zero attached hydrogens (tertiary/aromatic N) is 3. The molecule has 0 aliphatic heterocycles. The Morgan fingerprint density at radius 2 is 2.19 bits per heavy atom. The lowest BCUT2D eigenvalue weighted by molar-refractivity contribution is -0.137. The molecule has 110 valence electrons. The number of rotatable bonds is 5. The number of carbonyl (C=O) groups is 2. The molecule has 0 saturated heterocycles. The van der Waals surface area contributed by atoms with Crippen molar-refractivity contribution in [1.29, 1.82) is 0 Å². The number of halogens is 1. The molecular formula is C12H12BrN5O3. The number of benzene rings is 1. The predicted octanol–water partition coefficient (Wildman–Crippen LogP) is 0.637. The van der Waals surface area contributed by atoms with Crippen molar-refractivity contribution < 1.29 is 14.7 Å². The number of aromatic nitrogens is 3. The van der Waals surface area contributed by atoms with Gasteiger partial charge in [-0.3, -0.25) is 9.59 Å². The van der Waals surface area contributed by atoms with Gasteiger partial charge in [0, 0.05) is 10.2 Å². The van der Waals surface area contributed by atoms with Gasteiger partial charge in [0.1, 0.15) is 12.2 Å². The number of aliphatic carboxylic acids is 1. The molecule has 0 saturated carbocycles. The van der Waals surface area contributed by atoms with Crippen LogP contribution in [0.4, 0.5) is 5.69 Å². The van der Waals surface area contributed by atoms with Crippen LogP contribution < -0.4 is 11.1 Å². The van der Waals surface area contributed by atoms with Gasteiger partial charge in [-0.2, -0.15) is 0 Å². The predicted molar refractivity (Wildman–Crippen MR) is 77.4 cm³/mol. The highest BCUT2D eigenvalue weighted by Gasteiger charge is 2.11. The van der Waals surface area contributed by atoms with Crippen LogP contribution in [0.25, 0.3) is 0 Å². The van der Waals surface area contributed by atoms with E-state index in [1.54, 1.807) is 18.2 Å². The first-order valence-corrected chi connectivity index (χ1v) is 6.69. The molecular weight excluding hydrogens is 342 g/mol. The Kier molecular flexibility index (Phi) is 4.53. The molecule has 8 nitrogen and oxygen atoms in total. The van der Waals surface area contributed by atoms with Crippen LogP contribution in [0, 0.1) is 0 Å². The van der Waals surface area contributed by atoms with E-state index in [4.69, 9.17) is 10.8 Å². The first-order valence-electron chi connectivity index (χ1n) is 5.89. The summed E-state index contributed by atoms with van der Waals surface area (Å²) in [6.45, 7) is -0.137. The maximum absolute atomic E-state index is 12.0. The van der Waals surface area contributed by atoms with Gasteiger partial charge in [-0.25, -0.2) is 4.68 Å².